The van der Waals surface area contributed by atoms with Crippen LogP contribution in [0.25, 0.3) is 0 Å². The normalized spacial score (nSPS) is 10.5. The molecule has 0 saturated heterocycles. The maximum absolute atomic E-state index is 12.5. The van der Waals surface area contributed by atoms with Crippen molar-refractivity contribution in [2.24, 2.45) is 0 Å². The van der Waals surface area contributed by atoms with E-state index in [4.69, 9.17) is 11.6 Å². The summed E-state index contributed by atoms with van der Waals surface area (Å²) < 4.78 is 0. The number of hydrogen-bond acceptors (Lipinski definition) is 4. The molecular weight excluding hydrogens is 348 g/mol. The molecule has 0 aliphatic carbocycles. The molecule has 0 aliphatic rings. The van der Waals surface area contributed by atoms with E-state index in [1.165, 1.54) is 0 Å². The van der Waals surface area contributed by atoms with Crippen molar-refractivity contribution in [3.8, 4) is 0 Å². The third-order valence-electron chi connectivity index (χ3n) is 3.88. The summed E-state index contributed by atoms with van der Waals surface area (Å²) in [4.78, 5) is 21.0. The molecule has 1 heterocycles. The van der Waals surface area contributed by atoms with E-state index >= 15 is 0 Å². The lowest BCUT2D eigenvalue weighted by atomic mass is 10.1. The number of carbonyl (C=O) groups is 1. The van der Waals surface area contributed by atoms with Gasteiger partial charge in [-0.1, -0.05) is 23.7 Å². The zero-order chi connectivity index (χ0) is 18.7. The number of aromatic nitrogens is 2. The molecule has 5 nitrogen and oxygen atoms in total. The van der Waals surface area contributed by atoms with Crippen LogP contribution in [0.1, 0.15) is 27.2 Å². The molecule has 0 spiro atoms. The Morgan fingerprint density at radius 2 is 1.77 bits per heavy atom. The van der Waals surface area contributed by atoms with Crippen LogP contribution in [0.2, 0.25) is 5.02 Å². The Labute approximate surface area is 157 Å². The van der Waals surface area contributed by atoms with Crippen molar-refractivity contribution in [3.05, 3.63) is 76.1 Å². The van der Waals surface area contributed by atoms with Gasteiger partial charge in [-0.3, -0.25) is 4.79 Å². The number of hydrogen-bond donors (Lipinski definition) is 2. The Morgan fingerprint density at radius 3 is 2.50 bits per heavy atom. The highest BCUT2D eigenvalue weighted by atomic mass is 35.5. The highest BCUT2D eigenvalue weighted by Crippen LogP contribution is 2.23. The highest BCUT2D eigenvalue weighted by molar-refractivity contribution is 6.31. The fraction of sp³-hybridized carbons (Fsp3) is 0.150. The number of nitrogens with zero attached hydrogens (tertiary/aromatic N) is 2. The number of nitrogens with one attached hydrogen (secondary N) is 2. The lowest BCUT2D eigenvalue weighted by Gasteiger charge is -2.10. The fourth-order valence-corrected chi connectivity index (χ4v) is 2.83. The lowest BCUT2D eigenvalue weighted by molar-refractivity contribution is 0.102. The molecule has 0 saturated carbocycles. The molecule has 3 aromatic rings. The molecule has 0 aliphatic heterocycles. The van der Waals surface area contributed by atoms with Gasteiger partial charge in [-0.2, -0.15) is 0 Å². The second kappa shape index (κ2) is 7.54. The number of halogens is 1. The van der Waals surface area contributed by atoms with Crippen LogP contribution < -0.4 is 10.6 Å². The van der Waals surface area contributed by atoms with E-state index in [2.05, 4.69) is 26.7 Å². The van der Waals surface area contributed by atoms with Gasteiger partial charge < -0.3 is 10.6 Å². The molecule has 3 rings (SSSR count). The molecule has 6 heteroatoms. The van der Waals surface area contributed by atoms with Crippen LogP contribution in [0.3, 0.4) is 0 Å². The van der Waals surface area contributed by atoms with Crippen LogP contribution in [0.5, 0.6) is 0 Å². The summed E-state index contributed by atoms with van der Waals surface area (Å²) in [5, 5.41) is 6.58. The molecule has 0 radical (unpaired) electrons. The van der Waals surface area contributed by atoms with E-state index in [1.807, 2.05) is 32.9 Å². The number of amides is 1. The minimum absolute atomic E-state index is 0.270. The van der Waals surface area contributed by atoms with Crippen LogP contribution in [0.4, 0.5) is 17.3 Å². The summed E-state index contributed by atoms with van der Waals surface area (Å²) in [5.41, 5.74) is 4.89. The number of carbonyl (C=O) groups excluding carboxylic acids is 1. The van der Waals surface area contributed by atoms with Crippen LogP contribution in [0, 0.1) is 20.8 Å². The van der Waals surface area contributed by atoms with Gasteiger partial charge in [0.15, 0.2) is 0 Å². The van der Waals surface area contributed by atoms with Gasteiger partial charge in [0.1, 0.15) is 5.69 Å². The smallest absolute Gasteiger partial charge is 0.274 e. The van der Waals surface area contributed by atoms with E-state index in [1.54, 1.807) is 30.5 Å². The topological polar surface area (TPSA) is 66.9 Å². The Morgan fingerprint density at radius 1 is 1.04 bits per heavy atom. The molecule has 1 amide bonds. The molecule has 0 unspecified atom stereocenters. The number of aryl methyl sites for hydroxylation is 2. The molecule has 1 aromatic heterocycles. The predicted molar refractivity (Wildman–Crippen MR) is 105 cm³/mol. The minimum atomic E-state index is -0.318. The standard InChI is InChI=1S/C20H19ClN4O/c1-12-9-13(2)11-15(10-12)23-20-22-8-7-18(25-20)19(26)24-17-6-4-5-16(21)14(17)3/h4-11H,1-3H3,(H,24,26)(H,22,23,25). The Kier molecular flexibility index (Phi) is 5.19. The number of anilines is 3. The van der Waals surface area contributed by atoms with Crippen molar-refractivity contribution in [1.29, 1.82) is 0 Å². The molecule has 26 heavy (non-hydrogen) atoms. The summed E-state index contributed by atoms with van der Waals surface area (Å²) >= 11 is 6.10. The van der Waals surface area contributed by atoms with Gasteiger partial charge in [0.05, 0.1) is 0 Å². The third-order valence-corrected chi connectivity index (χ3v) is 4.29. The van der Waals surface area contributed by atoms with Crippen molar-refractivity contribution in [2.75, 3.05) is 10.6 Å². The Balaban J connectivity index is 1.80. The molecule has 0 bridgehead atoms. The summed E-state index contributed by atoms with van der Waals surface area (Å²) in [6.45, 7) is 5.90. The minimum Gasteiger partial charge on any atom is -0.324 e. The largest absolute Gasteiger partial charge is 0.324 e. The van der Waals surface area contributed by atoms with Gasteiger partial charge in [0, 0.05) is 22.6 Å². The third kappa shape index (κ3) is 4.18. The van der Waals surface area contributed by atoms with Crippen molar-refractivity contribution in [3.63, 3.8) is 0 Å². The first-order valence-electron chi connectivity index (χ1n) is 8.17. The van der Waals surface area contributed by atoms with Crippen molar-refractivity contribution >= 4 is 34.8 Å². The number of rotatable bonds is 4. The second-order valence-corrected chi connectivity index (χ2v) is 6.54. The average Bonchev–Trinajstić information content (AvgIpc) is 2.58. The molecule has 2 N–H and O–H groups in total. The van der Waals surface area contributed by atoms with Crippen molar-refractivity contribution < 1.29 is 4.79 Å². The van der Waals surface area contributed by atoms with Crippen LogP contribution in [-0.2, 0) is 0 Å². The van der Waals surface area contributed by atoms with E-state index < -0.39 is 0 Å². The maximum atomic E-state index is 12.5. The Bertz CT molecular complexity index is 952. The monoisotopic (exact) mass is 366 g/mol. The van der Waals surface area contributed by atoms with E-state index in [9.17, 15) is 4.79 Å². The maximum Gasteiger partial charge on any atom is 0.274 e. The SMILES string of the molecule is Cc1cc(C)cc(Nc2nccc(C(=O)Nc3cccc(Cl)c3C)n2)c1. The molecule has 132 valence electrons. The van der Waals surface area contributed by atoms with E-state index in [-0.39, 0.29) is 11.6 Å². The number of benzene rings is 2. The van der Waals surface area contributed by atoms with E-state index in [0.29, 0.717) is 16.7 Å². The fourth-order valence-electron chi connectivity index (χ4n) is 2.65. The first-order valence-corrected chi connectivity index (χ1v) is 8.55. The van der Waals surface area contributed by atoms with Gasteiger partial charge >= 0.3 is 0 Å². The van der Waals surface area contributed by atoms with E-state index in [0.717, 1.165) is 22.4 Å². The molecular formula is C20H19ClN4O. The average molecular weight is 367 g/mol. The van der Waals surface area contributed by atoms with Crippen molar-refractivity contribution in [2.45, 2.75) is 20.8 Å². The van der Waals surface area contributed by atoms with Gasteiger partial charge in [-0.05, 0) is 67.8 Å². The van der Waals surface area contributed by atoms with Gasteiger partial charge in [0.25, 0.3) is 5.91 Å². The van der Waals surface area contributed by atoms with Crippen molar-refractivity contribution in [1.82, 2.24) is 9.97 Å². The quantitative estimate of drug-likeness (QED) is 0.678. The summed E-state index contributed by atoms with van der Waals surface area (Å²) in [6.07, 6.45) is 1.55. The van der Waals surface area contributed by atoms with Crippen LogP contribution in [-0.4, -0.2) is 15.9 Å². The zero-order valence-electron chi connectivity index (χ0n) is 14.8. The lowest BCUT2D eigenvalue weighted by Crippen LogP contribution is -2.15. The van der Waals surface area contributed by atoms with Gasteiger partial charge in [-0.15, -0.1) is 0 Å². The second-order valence-electron chi connectivity index (χ2n) is 6.13. The molecule has 0 fully saturated rings. The van der Waals surface area contributed by atoms with Gasteiger partial charge in [-0.25, -0.2) is 9.97 Å². The summed E-state index contributed by atoms with van der Waals surface area (Å²) in [5.74, 6) is 0.0479. The molecule has 0 atom stereocenters. The zero-order valence-corrected chi connectivity index (χ0v) is 15.6. The van der Waals surface area contributed by atoms with Crippen LogP contribution in [0.15, 0.2) is 48.7 Å². The van der Waals surface area contributed by atoms with Crippen LogP contribution >= 0.6 is 11.6 Å². The molecule has 2 aromatic carbocycles. The highest BCUT2D eigenvalue weighted by Gasteiger charge is 2.12. The van der Waals surface area contributed by atoms with Gasteiger partial charge in [0.2, 0.25) is 5.95 Å². The first kappa shape index (κ1) is 17.9. The predicted octanol–water partition coefficient (Wildman–Crippen LogP) is 5.05. The first-order chi connectivity index (χ1) is 12.4. The Hall–Kier alpha value is -2.92. The summed E-state index contributed by atoms with van der Waals surface area (Å²) in [7, 11) is 0. The summed E-state index contributed by atoms with van der Waals surface area (Å²) in [6, 6.07) is 13.0.